The first-order valence-corrected chi connectivity index (χ1v) is 3.33. The van der Waals surface area contributed by atoms with Crippen LogP contribution in [-0.2, 0) is 0 Å². The third-order valence-corrected chi connectivity index (χ3v) is 1.43. The van der Waals surface area contributed by atoms with Crippen LogP contribution in [0.1, 0.15) is 6.92 Å². The first-order valence-electron chi connectivity index (χ1n) is 3.33. The molecule has 0 rings (SSSR count). The lowest BCUT2D eigenvalue weighted by molar-refractivity contribution is -0.110. The van der Waals surface area contributed by atoms with E-state index < -0.39 is 31.0 Å². The van der Waals surface area contributed by atoms with Crippen LogP contribution in [0.2, 0.25) is 0 Å². The molecule has 0 aliphatic carbocycles. The van der Waals surface area contributed by atoms with Crippen LogP contribution in [0.3, 0.4) is 0 Å². The van der Waals surface area contributed by atoms with Crippen molar-refractivity contribution in [2.24, 2.45) is 0 Å². The molecule has 68 valence electrons. The van der Waals surface area contributed by atoms with Gasteiger partial charge in [-0.15, -0.1) is 0 Å². The van der Waals surface area contributed by atoms with Crippen molar-refractivity contribution in [1.29, 1.82) is 0 Å². The van der Waals surface area contributed by atoms with Crippen LogP contribution in [0.4, 0.5) is 0 Å². The van der Waals surface area contributed by atoms with Gasteiger partial charge in [-0.25, -0.2) is 0 Å². The summed E-state index contributed by atoms with van der Waals surface area (Å²) in [5.74, 6) is 0. The minimum atomic E-state index is -1.51. The Kier molecular flexibility index (Phi) is 4.55. The van der Waals surface area contributed by atoms with Gasteiger partial charge in [0.25, 0.3) is 0 Å². The van der Waals surface area contributed by atoms with Gasteiger partial charge in [-0.2, -0.15) is 0 Å². The molecule has 1 unspecified atom stereocenters. The molecule has 5 nitrogen and oxygen atoms in total. The molecule has 0 heterocycles. The molecule has 0 amide bonds. The van der Waals surface area contributed by atoms with Crippen molar-refractivity contribution >= 4 is 0 Å². The zero-order valence-electron chi connectivity index (χ0n) is 6.25. The Morgan fingerprint density at radius 3 is 1.73 bits per heavy atom. The molecule has 0 radical (unpaired) electrons. The van der Waals surface area contributed by atoms with Crippen LogP contribution in [0.25, 0.3) is 0 Å². The summed E-state index contributed by atoms with van der Waals surface area (Å²) in [6.07, 6.45) is -5.50. The highest BCUT2D eigenvalue weighted by molar-refractivity contribution is 4.77. The maximum absolute atomic E-state index is 8.94. The lowest BCUT2D eigenvalue weighted by atomic mass is 10.1. The van der Waals surface area contributed by atoms with Crippen molar-refractivity contribution in [2.75, 3.05) is 6.61 Å². The molecule has 0 aromatic rings. The van der Waals surface area contributed by atoms with Crippen molar-refractivity contribution in [3.05, 3.63) is 0 Å². The largest absolute Gasteiger partial charge is 0.394 e. The highest BCUT2D eigenvalue weighted by Gasteiger charge is 2.27. The van der Waals surface area contributed by atoms with Gasteiger partial charge in [-0.1, -0.05) is 0 Å². The Morgan fingerprint density at radius 2 is 1.45 bits per heavy atom. The lowest BCUT2D eigenvalue weighted by Gasteiger charge is -2.23. The number of aliphatic hydroxyl groups is 5. The number of hydrogen-bond acceptors (Lipinski definition) is 5. The van der Waals surface area contributed by atoms with Gasteiger partial charge in [-0.3, -0.25) is 0 Å². The maximum atomic E-state index is 8.94. The first-order chi connectivity index (χ1) is 5.00. The van der Waals surface area contributed by atoms with Crippen molar-refractivity contribution in [3.63, 3.8) is 0 Å². The molecule has 0 saturated carbocycles. The lowest BCUT2D eigenvalue weighted by Crippen LogP contribution is -2.44. The zero-order valence-corrected chi connectivity index (χ0v) is 6.25. The van der Waals surface area contributed by atoms with E-state index in [9.17, 15) is 0 Å². The van der Waals surface area contributed by atoms with Crippen molar-refractivity contribution in [3.8, 4) is 0 Å². The van der Waals surface area contributed by atoms with Gasteiger partial charge in [0.2, 0.25) is 0 Å². The molecular formula is C6H14O5. The SMILES string of the molecule is CC(O)[C@@H](O)[C@@H](O)[C@@H](O)CO. The van der Waals surface area contributed by atoms with E-state index >= 15 is 0 Å². The van der Waals surface area contributed by atoms with Crippen LogP contribution in [-0.4, -0.2) is 56.6 Å². The second kappa shape index (κ2) is 4.63. The monoisotopic (exact) mass is 166 g/mol. The minimum absolute atomic E-state index is 0.648. The average molecular weight is 166 g/mol. The van der Waals surface area contributed by atoms with E-state index in [2.05, 4.69) is 0 Å². The van der Waals surface area contributed by atoms with Gasteiger partial charge in [0.15, 0.2) is 0 Å². The number of hydrogen-bond donors (Lipinski definition) is 5. The van der Waals surface area contributed by atoms with Crippen molar-refractivity contribution in [1.82, 2.24) is 0 Å². The third kappa shape index (κ3) is 3.13. The second-order valence-electron chi connectivity index (χ2n) is 2.47. The highest BCUT2D eigenvalue weighted by atomic mass is 16.4. The predicted octanol–water partition coefficient (Wildman–Crippen LogP) is -2.56. The van der Waals surface area contributed by atoms with Crippen LogP contribution >= 0.6 is 0 Å². The Hall–Kier alpha value is -0.200. The summed E-state index contributed by atoms with van der Waals surface area (Å²) in [6.45, 7) is 0.628. The number of aliphatic hydroxyl groups excluding tert-OH is 5. The fourth-order valence-electron chi connectivity index (χ4n) is 0.621. The highest BCUT2D eigenvalue weighted by Crippen LogP contribution is 2.03. The Bertz CT molecular complexity index is 105. The summed E-state index contributed by atoms with van der Waals surface area (Å²) in [5.41, 5.74) is 0. The predicted molar refractivity (Wildman–Crippen MR) is 36.8 cm³/mol. The Morgan fingerprint density at radius 1 is 1.00 bits per heavy atom. The van der Waals surface area contributed by atoms with E-state index in [1.54, 1.807) is 0 Å². The van der Waals surface area contributed by atoms with E-state index in [1.807, 2.05) is 0 Å². The molecule has 0 fully saturated rings. The van der Waals surface area contributed by atoms with Gasteiger partial charge in [0, 0.05) is 0 Å². The molecular weight excluding hydrogens is 152 g/mol. The summed E-state index contributed by atoms with van der Waals surface area (Å²) in [5, 5.41) is 43.7. The van der Waals surface area contributed by atoms with E-state index in [1.165, 1.54) is 6.92 Å². The van der Waals surface area contributed by atoms with Crippen molar-refractivity contribution in [2.45, 2.75) is 31.3 Å². The summed E-state index contributed by atoms with van der Waals surface area (Å²) >= 11 is 0. The van der Waals surface area contributed by atoms with E-state index in [0.29, 0.717) is 0 Å². The smallest absolute Gasteiger partial charge is 0.110 e. The molecule has 4 atom stereocenters. The molecule has 0 aliphatic rings. The standard InChI is InChI=1S/C6H14O5/c1-3(8)5(10)6(11)4(9)2-7/h3-11H,2H2,1H3/t3?,4-,5+,6-/m0/s1. The normalized spacial score (nSPS) is 22.4. The van der Waals surface area contributed by atoms with Gasteiger partial charge in [-0.05, 0) is 6.92 Å². The molecule has 0 saturated heterocycles. The molecule has 0 aromatic heterocycles. The fraction of sp³-hybridized carbons (Fsp3) is 1.00. The Balaban J connectivity index is 3.90. The molecule has 11 heavy (non-hydrogen) atoms. The molecule has 0 aromatic carbocycles. The topological polar surface area (TPSA) is 101 Å². The molecule has 0 bridgehead atoms. The van der Waals surface area contributed by atoms with E-state index in [0.717, 1.165) is 0 Å². The van der Waals surface area contributed by atoms with Crippen molar-refractivity contribution < 1.29 is 25.5 Å². The van der Waals surface area contributed by atoms with Crippen LogP contribution in [0, 0.1) is 0 Å². The molecule has 5 N–H and O–H groups in total. The summed E-state index contributed by atoms with van der Waals surface area (Å²) < 4.78 is 0. The Labute approximate surface area is 64.5 Å². The van der Waals surface area contributed by atoms with Gasteiger partial charge in [0.05, 0.1) is 12.7 Å². The zero-order chi connectivity index (χ0) is 9.02. The van der Waals surface area contributed by atoms with Gasteiger partial charge < -0.3 is 25.5 Å². The minimum Gasteiger partial charge on any atom is -0.394 e. The molecule has 5 heteroatoms. The second-order valence-corrected chi connectivity index (χ2v) is 2.47. The molecule has 0 spiro atoms. The van der Waals surface area contributed by atoms with Gasteiger partial charge >= 0.3 is 0 Å². The van der Waals surface area contributed by atoms with Crippen LogP contribution in [0.15, 0.2) is 0 Å². The van der Waals surface area contributed by atoms with E-state index in [4.69, 9.17) is 25.5 Å². The maximum Gasteiger partial charge on any atom is 0.110 e. The number of rotatable bonds is 4. The quantitative estimate of drug-likeness (QED) is 0.316. The first kappa shape index (κ1) is 10.8. The summed E-state index contributed by atoms with van der Waals surface area (Å²) in [4.78, 5) is 0. The van der Waals surface area contributed by atoms with Crippen LogP contribution < -0.4 is 0 Å². The summed E-state index contributed by atoms with van der Waals surface area (Å²) in [7, 11) is 0. The summed E-state index contributed by atoms with van der Waals surface area (Å²) in [6, 6.07) is 0. The molecule has 0 aliphatic heterocycles. The van der Waals surface area contributed by atoms with Gasteiger partial charge in [0.1, 0.15) is 18.3 Å². The van der Waals surface area contributed by atoms with E-state index in [-0.39, 0.29) is 0 Å². The fourth-order valence-corrected chi connectivity index (χ4v) is 0.621. The van der Waals surface area contributed by atoms with Crippen LogP contribution in [0.5, 0.6) is 0 Å². The average Bonchev–Trinajstić information content (AvgIpc) is 2.00. The third-order valence-electron chi connectivity index (χ3n) is 1.43.